The van der Waals surface area contributed by atoms with Gasteiger partial charge in [-0.25, -0.2) is 8.42 Å². The van der Waals surface area contributed by atoms with Crippen LogP contribution in [0.15, 0.2) is 0 Å². The highest BCUT2D eigenvalue weighted by molar-refractivity contribution is 7.92. The first-order chi connectivity index (χ1) is 6.65. The van der Waals surface area contributed by atoms with Gasteiger partial charge in [-0.3, -0.25) is 0 Å². The Hall–Kier alpha value is -0.620. The maximum atomic E-state index is 11.5. The Morgan fingerprint density at radius 2 is 1.93 bits per heavy atom. The fourth-order valence-corrected chi connectivity index (χ4v) is 1.62. The first-order valence-electron chi connectivity index (χ1n) is 4.40. The second-order valence-electron chi connectivity index (χ2n) is 4.13. The summed E-state index contributed by atoms with van der Waals surface area (Å²) in [5.74, 6) is 0.608. The fraction of sp³-hybridized carbons (Fsp3) is 0.750. The molecule has 0 aliphatic rings. The second kappa shape index (κ2) is 3.75. The number of hydrogen-bond donors (Lipinski definition) is 0. The van der Waals surface area contributed by atoms with Crippen molar-refractivity contribution in [2.24, 2.45) is 0 Å². The van der Waals surface area contributed by atoms with E-state index < -0.39 is 14.6 Å². The Kier molecular flexibility index (Phi) is 3.11. The van der Waals surface area contributed by atoms with Crippen molar-refractivity contribution in [3.8, 4) is 0 Å². The van der Waals surface area contributed by atoms with Crippen molar-refractivity contribution < 1.29 is 8.42 Å². The van der Waals surface area contributed by atoms with Gasteiger partial charge >= 0.3 is 0 Å². The summed E-state index contributed by atoms with van der Waals surface area (Å²) < 4.78 is 23.7. The Labute approximate surface area is 94.4 Å². The molecule has 1 rings (SSSR count). The van der Waals surface area contributed by atoms with Crippen molar-refractivity contribution in [2.75, 3.05) is 6.26 Å². The van der Waals surface area contributed by atoms with Gasteiger partial charge in [0.1, 0.15) is 5.82 Å². The van der Waals surface area contributed by atoms with Crippen molar-refractivity contribution in [3.05, 3.63) is 11.1 Å². The summed E-state index contributed by atoms with van der Waals surface area (Å²) in [6, 6.07) is 0. The second-order valence-corrected chi connectivity index (χ2v) is 7.12. The zero-order valence-electron chi connectivity index (χ0n) is 9.15. The van der Waals surface area contributed by atoms with E-state index in [0.717, 1.165) is 0 Å². The Morgan fingerprint density at radius 3 is 2.27 bits per heavy atom. The Morgan fingerprint density at radius 1 is 1.40 bits per heavy atom. The average Bonchev–Trinajstić information content (AvgIpc) is 2.33. The molecular formula is C8H14ClN3O2S. The molecule has 0 amide bonds. The third kappa shape index (κ3) is 2.49. The predicted molar refractivity (Wildman–Crippen MR) is 58.7 cm³/mol. The molecule has 1 aromatic heterocycles. The van der Waals surface area contributed by atoms with Crippen LogP contribution in [-0.2, 0) is 16.4 Å². The highest BCUT2D eigenvalue weighted by atomic mass is 35.5. The summed E-state index contributed by atoms with van der Waals surface area (Å²) >= 11 is 5.80. The van der Waals surface area contributed by atoms with E-state index in [0.29, 0.717) is 5.82 Å². The van der Waals surface area contributed by atoms with Crippen LogP contribution in [0.3, 0.4) is 0 Å². The van der Waals surface area contributed by atoms with Crippen LogP contribution in [0.2, 0.25) is 5.28 Å². The summed E-state index contributed by atoms with van der Waals surface area (Å²) in [5.41, 5.74) is 0. The number of aromatic nitrogens is 3. The van der Waals surface area contributed by atoms with E-state index in [1.54, 1.807) is 25.3 Å². The molecule has 0 spiro atoms. The summed E-state index contributed by atoms with van der Waals surface area (Å²) in [7, 11) is -3.15. The van der Waals surface area contributed by atoms with E-state index in [-0.39, 0.29) is 11.8 Å². The number of rotatable bonds is 3. The van der Waals surface area contributed by atoms with Crippen LogP contribution in [-0.4, -0.2) is 34.2 Å². The van der Waals surface area contributed by atoms with Gasteiger partial charge in [-0.05, 0) is 32.4 Å². The fourth-order valence-electron chi connectivity index (χ4n) is 1.03. The van der Waals surface area contributed by atoms with Crippen LogP contribution < -0.4 is 0 Å². The van der Waals surface area contributed by atoms with Crippen molar-refractivity contribution in [1.82, 2.24) is 14.8 Å². The first-order valence-corrected chi connectivity index (χ1v) is 6.67. The van der Waals surface area contributed by atoms with Gasteiger partial charge in [0.05, 0.1) is 4.75 Å². The van der Waals surface area contributed by atoms with Crippen molar-refractivity contribution in [2.45, 2.75) is 32.1 Å². The van der Waals surface area contributed by atoms with Gasteiger partial charge in [-0.15, -0.1) is 10.2 Å². The molecule has 1 heterocycles. The monoisotopic (exact) mass is 251 g/mol. The van der Waals surface area contributed by atoms with Crippen LogP contribution in [0.4, 0.5) is 0 Å². The lowest BCUT2D eigenvalue weighted by atomic mass is 10.2. The van der Waals surface area contributed by atoms with Crippen LogP contribution in [0.25, 0.3) is 0 Å². The summed E-state index contributed by atoms with van der Waals surface area (Å²) in [6.07, 6.45) is 1.21. The minimum absolute atomic E-state index is 0.212. The summed E-state index contributed by atoms with van der Waals surface area (Å²) in [5, 5.41) is 7.65. The van der Waals surface area contributed by atoms with Gasteiger partial charge in [0, 0.05) is 12.8 Å². The zero-order chi connectivity index (χ0) is 11.9. The van der Waals surface area contributed by atoms with Crippen LogP contribution in [0.5, 0.6) is 0 Å². The third-order valence-electron chi connectivity index (χ3n) is 2.43. The average molecular weight is 252 g/mol. The quantitative estimate of drug-likeness (QED) is 0.806. The molecule has 0 bridgehead atoms. The lowest BCUT2D eigenvalue weighted by molar-refractivity contribution is 0.497. The number of nitrogens with zero attached hydrogens (tertiary/aromatic N) is 3. The van der Waals surface area contributed by atoms with E-state index in [9.17, 15) is 8.42 Å². The van der Waals surface area contributed by atoms with E-state index in [1.165, 1.54) is 6.26 Å². The van der Waals surface area contributed by atoms with Crippen LogP contribution >= 0.6 is 11.6 Å². The minimum atomic E-state index is -3.15. The summed E-state index contributed by atoms with van der Waals surface area (Å²) in [6.45, 7) is 5.29. The van der Waals surface area contributed by atoms with Crippen molar-refractivity contribution in [3.63, 3.8) is 0 Å². The number of sulfone groups is 1. The normalized spacial score (nSPS) is 13.1. The standard InChI is InChI=1S/C8H14ClN3O2S/c1-6-10-11-7(9)12(6)5-8(2,3)15(4,13)14/h5H2,1-4H3. The topological polar surface area (TPSA) is 64.8 Å². The van der Waals surface area contributed by atoms with Gasteiger partial charge in [-0.1, -0.05) is 0 Å². The largest absolute Gasteiger partial charge is 0.300 e. The molecule has 0 N–H and O–H groups in total. The van der Waals surface area contributed by atoms with E-state index in [1.807, 2.05) is 0 Å². The molecule has 1 aromatic rings. The smallest absolute Gasteiger partial charge is 0.225 e. The predicted octanol–water partition coefficient (Wildman–Crippen LogP) is 1.06. The summed E-state index contributed by atoms with van der Waals surface area (Å²) in [4.78, 5) is 0. The van der Waals surface area contributed by atoms with Gasteiger partial charge in [-0.2, -0.15) is 0 Å². The molecular weight excluding hydrogens is 238 g/mol. The molecule has 5 nitrogen and oxygen atoms in total. The van der Waals surface area contributed by atoms with Crippen molar-refractivity contribution >= 4 is 21.4 Å². The molecule has 0 aliphatic heterocycles. The maximum absolute atomic E-state index is 11.5. The Bertz CT molecular complexity index is 445. The van der Waals surface area contributed by atoms with E-state index in [4.69, 9.17) is 11.6 Å². The highest BCUT2D eigenvalue weighted by Crippen LogP contribution is 2.20. The van der Waals surface area contributed by atoms with Gasteiger partial charge in [0.2, 0.25) is 5.28 Å². The molecule has 0 atom stereocenters. The molecule has 0 unspecified atom stereocenters. The molecule has 0 saturated carbocycles. The molecule has 0 fully saturated rings. The lowest BCUT2D eigenvalue weighted by Gasteiger charge is -2.23. The number of hydrogen-bond acceptors (Lipinski definition) is 4. The van der Waals surface area contributed by atoms with Gasteiger partial charge < -0.3 is 4.57 Å². The minimum Gasteiger partial charge on any atom is -0.300 e. The van der Waals surface area contributed by atoms with E-state index >= 15 is 0 Å². The molecule has 15 heavy (non-hydrogen) atoms. The molecule has 0 radical (unpaired) electrons. The maximum Gasteiger partial charge on any atom is 0.225 e. The third-order valence-corrected chi connectivity index (χ3v) is 4.85. The van der Waals surface area contributed by atoms with Crippen LogP contribution in [0.1, 0.15) is 19.7 Å². The van der Waals surface area contributed by atoms with E-state index in [2.05, 4.69) is 10.2 Å². The number of aryl methyl sites for hydroxylation is 1. The van der Waals surface area contributed by atoms with Gasteiger partial charge in [0.15, 0.2) is 9.84 Å². The SMILES string of the molecule is Cc1nnc(Cl)n1CC(C)(C)S(C)(=O)=O. The molecule has 86 valence electrons. The lowest BCUT2D eigenvalue weighted by Crippen LogP contribution is -2.36. The van der Waals surface area contributed by atoms with Gasteiger partial charge in [0.25, 0.3) is 0 Å². The molecule has 7 heteroatoms. The van der Waals surface area contributed by atoms with Crippen LogP contribution in [0, 0.1) is 6.92 Å². The Balaban J connectivity index is 3.07. The molecule has 0 saturated heterocycles. The molecule has 0 aliphatic carbocycles. The number of halogens is 1. The zero-order valence-corrected chi connectivity index (χ0v) is 10.7. The molecule has 0 aromatic carbocycles. The van der Waals surface area contributed by atoms with Crippen molar-refractivity contribution in [1.29, 1.82) is 0 Å². The first kappa shape index (κ1) is 12.4. The highest BCUT2D eigenvalue weighted by Gasteiger charge is 2.31.